The molecule has 0 aromatic heterocycles. The van der Waals surface area contributed by atoms with E-state index in [9.17, 15) is 0 Å². The van der Waals surface area contributed by atoms with E-state index in [0.29, 0.717) is 0 Å². The Morgan fingerprint density at radius 2 is 1.46 bits per heavy atom. The third-order valence-corrected chi connectivity index (χ3v) is 9.00. The number of hydrogen-bond acceptors (Lipinski definition) is 2. The van der Waals surface area contributed by atoms with E-state index >= 15 is 0 Å². The van der Waals surface area contributed by atoms with E-state index in [0.717, 1.165) is 19.6 Å². The Kier molecular flexibility index (Phi) is 4.49. The van der Waals surface area contributed by atoms with E-state index in [4.69, 9.17) is 9.31 Å². The zero-order chi connectivity index (χ0) is 9.73. The summed E-state index contributed by atoms with van der Waals surface area (Å²) in [5, 5.41) is 0. The fourth-order valence-corrected chi connectivity index (χ4v) is 5.53. The third kappa shape index (κ3) is 2.36. The third-order valence-electron chi connectivity index (χ3n) is 3.44. The zero-order valence-corrected chi connectivity index (χ0v) is 10.1. The molecule has 13 heavy (non-hydrogen) atoms. The maximum atomic E-state index is 5.76. The van der Waals surface area contributed by atoms with E-state index in [1.807, 2.05) is 0 Å². The van der Waals surface area contributed by atoms with E-state index in [1.165, 1.54) is 18.1 Å². The highest BCUT2D eigenvalue weighted by Crippen LogP contribution is 2.26. The van der Waals surface area contributed by atoms with Gasteiger partial charge in [-0.3, -0.25) is 0 Å². The van der Waals surface area contributed by atoms with E-state index in [1.54, 1.807) is 0 Å². The van der Waals surface area contributed by atoms with Crippen LogP contribution in [0.5, 0.6) is 0 Å². The van der Waals surface area contributed by atoms with Crippen LogP contribution in [0, 0.1) is 0 Å². The van der Waals surface area contributed by atoms with E-state index < -0.39 is 7.94 Å². The van der Waals surface area contributed by atoms with Crippen molar-refractivity contribution in [2.75, 3.05) is 13.2 Å². The molecule has 2 nitrogen and oxygen atoms in total. The molecular weight excluding hydrogens is 179 g/mol. The molecule has 1 fully saturated rings. The molecule has 0 radical (unpaired) electrons. The summed E-state index contributed by atoms with van der Waals surface area (Å²) in [6.07, 6.45) is 1.07. The monoisotopic (exact) mass is 200 g/mol. The van der Waals surface area contributed by atoms with E-state index in [-0.39, 0.29) is 6.71 Å². The van der Waals surface area contributed by atoms with Gasteiger partial charge in [-0.05, 0) is 6.42 Å². The van der Waals surface area contributed by atoms with Gasteiger partial charge < -0.3 is 9.31 Å². The summed E-state index contributed by atoms with van der Waals surface area (Å²) >= 11 is 0. The van der Waals surface area contributed by atoms with Crippen LogP contribution in [0.15, 0.2) is 0 Å². The molecule has 4 heteroatoms. The molecule has 0 amide bonds. The standard InChI is InChI=1S/C9H21BO2Si/c1-4-13(5-2,6-3)10-11-8-7-9-12-10/h4-9H2,1-3H3. The van der Waals surface area contributed by atoms with E-state index in [2.05, 4.69) is 20.8 Å². The number of hydrogen-bond donors (Lipinski definition) is 0. The maximum Gasteiger partial charge on any atom is 0.432 e. The lowest BCUT2D eigenvalue weighted by Crippen LogP contribution is -2.55. The van der Waals surface area contributed by atoms with Crippen LogP contribution in [-0.4, -0.2) is 27.9 Å². The van der Waals surface area contributed by atoms with Crippen LogP contribution in [0.25, 0.3) is 0 Å². The first kappa shape index (κ1) is 11.3. The molecule has 0 N–H and O–H groups in total. The minimum absolute atomic E-state index is 0.182. The van der Waals surface area contributed by atoms with Gasteiger partial charge >= 0.3 is 6.71 Å². The Morgan fingerprint density at radius 1 is 1.00 bits per heavy atom. The van der Waals surface area contributed by atoms with Crippen LogP contribution >= 0.6 is 0 Å². The van der Waals surface area contributed by atoms with Gasteiger partial charge in [0.2, 0.25) is 0 Å². The van der Waals surface area contributed by atoms with Crippen LogP contribution in [0.2, 0.25) is 18.1 Å². The molecular formula is C9H21BO2Si. The Balaban J connectivity index is 2.60. The lowest BCUT2D eigenvalue weighted by Gasteiger charge is -2.35. The van der Waals surface area contributed by atoms with Crippen molar-refractivity contribution in [3.8, 4) is 0 Å². The number of rotatable bonds is 4. The summed E-state index contributed by atoms with van der Waals surface area (Å²) in [6, 6.07) is 3.85. The molecule has 0 unspecified atom stereocenters. The fraction of sp³-hybridized carbons (Fsp3) is 1.00. The van der Waals surface area contributed by atoms with Gasteiger partial charge in [0.15, 0.2) is 0 Å². The van der Waals surface area contributed by atoms with Gasteiger partial charge in [0.25, 0.3) is 0 Å². The Bertz CT molecular complexity index is 136. The summed E-state index contributed by atoms with van der Waals surface area (Å²) in [5.74, 6) is 0. The van der Waals surface area contributed by atoms with Crippen molar-refractivity contribution in [3.63, 3.8) is 0 Å². The van der Waals surface area contributed by atoms with Crippen LogP contribution in [0.1, 0.15) is 27.2 Å². The SMILES string of the molecule is CC[Si](CC)(CC)B1OCCCO1. The largest absolute Gasteiger partial charge is 0.432 e. The maximum absolute atomic E-state index is 5.76. The molecule has 0 spiro atoms. The molecule has 1 aliphatic heterocycles. The quantitative estimate of drug-likeness (QED) is 0.649. The molecule has 1 heterocycles. The van der Waals surface area contributed by atoms with Gasteiger partial charge in [-0.2, -0.15) is 0 Å². The van der Waals surface area contributed by atoms with Crippen molar-refractivity contribution in [3.05, 3.63) is 0 Å². The highest BCUT2D eigenvalue weighted by atomic mass is 28.3. The van der Waals surface area contributed by atoms with Gasteiger partial charge in [0.05, 0.1) is 0 Å². The first-order chi connectivity index (χ1) is 6.29. The summed E-state index contributed by atoms with van der Waals surface area (Å²) in [4.78, 5) is 0. The molecule has 1 saturated heterocycles. The smallest absolute Gasteiger partial charge is 0.414 e. The van der Waals surface area contributed by atoms with Crippen LogP contribution in [0.4, 0.5) is 0 Å². The Labute approximate surface area is 83.1 Å². The lowest BCUT2D eigenvalue weighted by atomic mass is 10.3. The highest BCUT2D eigenvalue weighted by molar-refractivity contribution is 7.28. The molecule has 0 atom stereocenters. The van der Waals surface area contributed by atoms with Crippen LogP contribution in [0.3, 0.4) is 0 Å². The van der Waals surface area contributed by atoms with Crippen molar-refractivity contribution in [2.45, 2.75) is 45.3 Å². The normalized spacial score (nSPS) is 19.2. The zero-order valence-electron chi connectivity index (χ0n) is 9.14. The van der Waals surface area contributed by atoms with Crippen molar-refractivity contribution in [1.82, 2.24) is 0 Å². The van der Waals surface area contributed by atoms with Crippen molar-refractivity contribution in [1.29, 1.82) is 0 Å². The first-order valence-corrected chi connectivity index (χ1v) is 8.22. The van der Waals surface area contributed by atoms with Gasteiger partial charge in [-0.15, -0.1) is 0 Å². The average Bonchev–Trinajstić information content (AvgIpc) is 2.23. The highest BCUT2D eigenvalue weighted by Gasteiger charge is 2.44. The van der Waals surface area contributed by atoms with Crippen molar-refractivity contribution in [2.24, 2.45) is 0 Å². The predicted molar refractivity (Wildman–Crippen MR) is 59.5 cm³/mol. The molecule has 0 aliphatic carbocycles. The second-order valence-electron chi connectivity index (χ2n) is 3.85. The van der Waals surface area contributed by atoms with Crippen molar-refractivity contribution < 1.29 is 9.31 Å². The Hall–Kier alpha value is 0.202. The molecule has 0 aromatic carbocycles. The second kappa shape index (κ2) is 5.17. The molecule has 76 valence electrons. The van der Waals surface area contributed by atoms with Gasteiger partial charge in [0, 0.05) is 13.2 Å². The van der Waals surface area contributed by atoms with Crippen LogP contribution < -0.4 is 0 Å². The average molecular weight is 200 g/mol. The summed E-state index contributed by atoms with van der Waals surface area (Å²) in [7, 11) is -1.26. The molecule has 0 aromatic rings. The van der Waals surface area contributed by atoms with Crippen LogP contribution in [-0.2, 0) is 9.31 Å². The van der Waals surface area contributed by atoms with Crippen molar-refractivity contribution >= 4 is 14.7 Å². The second-order valence-corrected chi connectivity index (χ2v) is 9.17. The minimum atomic E-state index is -1.26. The molecule has 0 saturated carbocycles. The van der Waals surface area contributed by atoms with Gasteiger partial charge in [0.1, 0.15) is 7.94 Å². The molecule has 1 aliphatic rings. The summed E-state index contributed by atoms with van der Waals surface area (Å²) < 4.78 is 11.5. The first-order valence-electron chi connectivity index (χ1n) is 5.52. The summed E-state index contributed by atoms with van der Waals surface area (Å²) in [5.41, 5.74) is 0. The minimum Gasteiger partial charge on any atom is -0.414 e. The van der Waals surface area contributed by atoms with Gasteiger partial charge in [-0.25, -0.2) is 0 Å². The van der Waals surface area contributed by atoms with Gasteiger partial charge in [-0.1, -0.05) is 38.9 Å². The fourth-order valence-electron chi connectivity index (χ4n) is 2.09. The lowest BCUT2D eigenvalue weighted by molar-refractivity contribution is 0.146. The topological polar surface area (TPSA) is 18.5 Å². The molecule has 1 rings (SSSR count). The Morgan fingerprint density at radius 3 is 1.85 bits per heavy atom. The molecule has 0 bridgehead atoms. The predicted octanol–water partition coefficient (Wildman–Crippen LogP) is 2.50. The summed E-state index contributed by atoms with van der Waals surface area (Å²) in [6.45, 7) is 8.86.